The molecule has 0 saturated heterocycles. The minimum Gasteiger partial charge on any atom is -0.495 e. The van der Waals surface area contributed by atoms with Crippen LogP contribution in [0.4, 0.5) is 10.8 Å². The Morgan fingerprint density at radius 2 is 2.09 bits per heavy atom. The standard InChI is InChI=1S/C15H20N4O2S/c1-4-10(16-11-8-6-7-9-12(11)21-3)14(20)17-15-19-18-13(5-2)22-15/h6-10,16H,4-5H2,1-3H3,(H,17,19,20)/t10-/m0/s1. The largest absolute Gasteiger partial charge is 0.495 e. The molecule has 0 radical (unpaired) electrons. The van der Waals surface area contributed by atoms with Crippen LogP contribution < -0.4 is 15.4 Å². The van der Waals surface area contributed by atoms with Crippen molar-refractivity contribution in [2.75, 3.05) is 17.7 Å². The molecule has 0 spiro atoms. The number of carbonyl (C=O) groups excluding carboxylic acids is 1. The number of benzene rings is 1. The zero-order valence-electron chi connectivity index (χ0n) is 12.9. The third-order valence-corrected chi connectivity index (χ3v) is 4.14. The average molecular weight is 320 g/mol. The Hall–Kier alpha value is -2.15. The molecule has 0 unspecified atom stereocenters. The van der Waals surface area contributed by atoms with Crippen molar-refractivity contribution in [3.63, 3.8) is 0 Å². The fourth-order valence-electron chi connectivity index (χ4n) is 1.94. The van der Waals surface area contributed by atoms with Gasteiger partial charge in [0.05, 0.1) is 12.8 Å². The Morgan fingerprint density at radius 3 is 2.73 bits per heavy atom. The van der Waals surface area contributed by atoms with E-state index >= 15 is 0 Å². The lowest BCUT2D eigenvalue weighted by atomic mass is 10.2. The number of hydrogen-bond donors (Lipinski definition) is 2. The summed E-state index contributed by atoms with van der Waals surface area (Å²) >= 11 is 1.40. The molecular formula is C15H20N4O2S. The summed E-state index contributed by atoms with van der Waals surface area (Å²) in [4.78, 5) is 12.4. The van der Waals surface area contributed by atoms with Crippen LogP contribution >= 0.6 is 11.3 Å². The number of nitrogens with zero attached hydrogens (tertiary/aromatic N) is 2. The molecule has 1 amide bonds. The number of carbonyl (C=O) groups is 1. The molecule has 7 heteroatoms. The van der Waals surface area contributed by atoms with Crippen LogP contribution in [-0.4, -0.2) is 29.3 Å². The van der Waals surface area contributed by atoms with Crippen molar-refractivity contribution >= 4 is 28.1 Å². The van der Waals surface area contributed by atoms with E-state index in [2.05, 4.69) is 20.8 Å². The van der Waals surface area contributed by atoms with Crippen LogP contribution in [0.3, 0.4) is 0 Å². The maximum atomic E-state index is 12.4. The van der Waals surface area contributed by atoms with Crippen LogP contribution in [0.2, 0.25) is 0 Å². The highest BCUT2D eigenvalue weighted by Crippen LogP contribution is 2.24. The first-order chi connectivity index (χ1) is 10.7. The van der Waals surface area contributed by atoms with E-state index in [4.69, 9.17) is 4.74 Å². The number of aromatic nitrogens is 2. The first-order valence-electron chi connectivity index (χ1n) is 7.20. The molecule has 1 heterocycles. The molecule has 1 aromatic carbocycles. The van der Waals surface area contributed by atoms with E-state index in [1.807, 2.05) is 38.1 Å². The number of ether oxygens (including phenoxy) is 1. The molecule has 1 aromatic heterocycles. The van der Waals surface area contributed by atoms with E-state index in [0.29, 0.717) is 17.3 Å². The lowest BCUT2D eigenvalue weighted by molar-refractivity contribution is -0.117. The highest BCUT2D eigenvalue weighted by Gasteiger charge is 2.19. The second-order valence-corrected chi connectivity index (χ2v) is 5.71. The molecule has 0 fully saturated rings. The number of rotatable bonds is 7. The van der Waals surface area contributed by atoms with Crippen LogP contribution in [0.25, 0.3) is 0 Å². The van der Waals surface area contributed by atoms with Gasteiger partial charge in [-0.05, 0) is 25.0 Å². The normalized spacial score (nSPS) is 11.8. The molecule has 0 aliphatic rings. The van der Waals surface area contributed by atoms with Crippen molar-refractivity contribution < 1.29 is 9.53 Å². The molecule has 2 N–H and O–H groups in total. The van der Waals surface area contributed by atoms with Gasteiger partial charge >= 0.3 is 0 Å². The number of hydrogen-bond acceptors (Lipinski definition) is 6. The van der Waals surface area contributed by atoms with Crippen LogP contribution in [-0.2, 0) is 11.2 Å². The number of aryl methyl sites for hydroxylation is 1. The van der Waals surface area contributed by atoms with Gasteiger partial charge in [-0.15, -0.1) is 10.2 Å². The predicted molar refractivity (Wildman–Crippen MR) is 88.6 cm³/mol. The van der Waals surface area contributed by atoms with E-state index in [0.717, 1.165) is 17.1 Å². The summed E-state index contributed by atoms with van der Waals surface area (Å²) < 4.78 is 5.29. The summed E-state index contributed by atoms with van der Waals surface area (Å²) in [6.07, 6.45) is 1.45. The summed E-state index contributed by atoms with van der Waals surface area (Å²) in [6.45, 7) is 3.95. The second-order valence-electron chi connectivity index (χ2n) is 4.65. The minimum absolute atomic E-state index is 0.132. The number of anilines is 2. The summed E-state index contributed by atoms with van der Waals surface area (Å²) in [7, 11) is 1.61. The maximum absolute atomic E-state index is 12.4. The average Bonchev–Trinajstić information content (AvgIpc) is 3.00. The van der Waals surface area contributed by atoms with Crippen LogP contribution in [0.15, 0.2) is 24.3 Å². The SMILES string of the molecule is CCc1nnc(NC(=O)[C@H](CC)Nc2ccccc2OC)s1. The molecule has 0 bridgehead atoms. The smallest absolute Gasteiger partial charge is 0.248 e. The Kier molecular flexibility index (Phi) is 5.71. The van der Waals surface area contributed by atoms with Gasteiger partial charge in [-0.1, -0.05) is 37.3 Å². The molecule has 1 atom stereocenters. The highest BCUT2D eigenvalue weighted by molar-refractivity contribution is 7.15. The molecule has 6 nitrogen and oxygen atoms in total. The van der Waals surface area contributed by atoms with Crippen molar-refractivity contribution in [2.24, 2.45) is 0 Å². The van der Waals surface area contributed by atoms with Gasteiger partial charge in [-0.2, -0.15) is 0 Å². The van der Waals surface area contributed by atoms with Crippen LogP contribution in [0.1, 0.15) is 25.3 Å². The van der Waals surface area contributed by atoms with Gasteiger partial charge in [0.2, 0.25) is 11.0 Å². The highest BCUT2D eigenvalue weighted by atomic mass is 32.1. The van der Waals surface area contributed by atoms with E-state index in [9.17, 15) is 4.79 Å². The third-order valence-electron chi connectivity index (χ3n) is 3.16. The fourth-order valence-corrected chi connectivity index (χ4v) is 2.63. The summed E-state index contributed by atoms with van der Waals surface area (Å²) in [5, 5.41) is 15.4. The van der Waals surface area contributed by atoms with Crippen LogP contribution in [0.5, 0.6) is 5.75 Å². The molecule has 0 saturated carbocycles. The Bertz CT molecular complexity index is 630. The summed E-state index contributed by atoms with van der Waals surface area (Å²) in [6, 6.07) is 7.15. The minimum atomic E-state index is -0.370. The summed E-state index contributed by atoms with van der Waals surface area (Å²) in [5.41, 5.74) is 0.790. The number of methoxy groups -OCH3 is 1. The van der Waals surface area contributed by atoms with E-state index in [1.54, 1.807) is 7.11 Å². The van der Waals surface area contributed by atoms with Gasteiger partial charge in [0.1, 0.15) is 16.8 Å². The van der Waals surface area contributed by atoms with Gasteiger partial charge in [0.25, 0.3) is 0 Å². The number of nitrogens with one attached hydrogen (secondary N) is 2. The Balaban J connectivity index is 2.05. The van der Waals surface area contributed by atoms with E-state index in [1.165, 1.54) is 11.3 Å². The zero-order chi connectivity index (χ0) is 15.9. The molecule has 0 aliphatic carbocycles. The molecule has 2 rings (SSSR count). The Labute approximate surface area is 133 Å². The lowest BCUT2D eigenvalue weighted by Gasteiger charge is -2.18. The van der Waals surface area contributed by atoms with Crippen molar-refractivity contribution in [2.45, 2.75) is 32.7 Å². The zero-order valence-corrected chi connectivity index (χ0v) is 13.7. The molecule has 2 aromatic rings. The third kappa shape index (κ3) is 3.94. The van der Waals surface area contributed by atoms with Crippen molar-refractivity contribution in [1.82, 2.24) is 10.2 Å². The number of amides is 1. The molecule has 22 heavy (non-hydrogen) atoms. The second kappa shape index (κ2) is 7.74. The topological polar surface area (TPSA) is 76.1 Å². The maximum Gasteiger partial charge on any atom is 0.248 e. The monoisotopic (exact) mass is 320 g/mol. The fraction of sp³-hybridized carbons (Fsp3) is 0.400. The first kappa shape index (κ1) is 16.2. The Morgan fingerprint density at radius 1 is 1.32 bits per heavy atom. The molecule has 0 aliphatic heterocycles. The molecular weight excluding hydrogens is 300 g/mol. The lowest BCUT2D eigenvalue weighted by Crippen LogP contribution is -2.34. The van der Waals surface area contributed by atoms with Gasteiger partial charge in [0.15, 0.2) is 0 Å². The quantitative estimate of drug-likeness (QED) is 0.820. The van der Waals surface area contributed by atoms with Crippen molar-refractivity contribution in [3.8, 4) is 5.75 Å². The predicted octanol–water partition coefficient (Wildman–Crippen LogP) is 2.94. The van der Waals surface area contributed by atoms with Gasteiger partial charge < -0.3 is 10.1 Å². The molecule has 118 valence electrons. The summed E-state index contributed by atoms with van der Waals surface area (Å²) in [5.74, 6) is 0.574. The van der Waals surface area contributed by atoms with E-state index < -0.39 is 0 Å². The van der Waals surface area contributed by atoms with Crippen molar-refractivity contribution in [3.05, 3.63) is 29.3 Å². The van der Waals surface area contributed by atoms with Gasteiger partial charge in [-0.25, -0.2) is 0 Å². The first-order valence-corrected chi connectivity index (χ1v) is 8.02. The van der Waals surface area contributed by atoms with Crippen LogP contribution in [0, 0.1) is 0 Å². The van der Waals surface area contributed by atoms with E-state index in [-0.39, 0.29) is 11.9 Å². The van der Waals surface area contributed by atoms with Gasteiger partial charge in [0, 0.05) is 0 Å². The number of para-hydroxylation sites is 2. The van der Waals surface area contributed by atoms with Gasteiger partial charge in [-0.3, -0.25) is 10.1 Å². The van der Waals surface area contributed by atoms with Crippen molar-refractivity contribution in [1.29, 1.82) is 0 Å².